The van der Waals surface area contributed by atoms with Gasteiger partial charge in [0.1, 0.15) is 10.8 Å². The number of nitrogens with zero attached hydrogens (tertiary/aromatic N) is 2. The zero-order chi connectivity index (χ0) is 14.1. The van der Waals surface area contributed by atoms with E-state index in [4.69, 9.17) is 18.0 Å². The summed E-state index contributed by atoms with van der Waals surface area (Å²) in [5, 5.41) is 9.66. The van der Waals surface area contributed by atoms with Crippen molar-refractivity contribution in [3.8, 4) is 0 Å². The summed E-state index contributed by atoms with van der Waals surface area (Å²) in [5.41, 5.74) is 7.69. The number of aromatic nitrogens is 2. The van der Waals surface area contributed by atoms with Gasteiger partial charge in [-0.25, -0.2) is 0 Å². The minimum Gasteiger partial charge on any atom is -0.389 e. The van der Waals surface area contributed by atoms with Gasteiger partial charge in [0.25, 0.3) is 0 Å². The largest absolute Gasteiger partial charge is 0.389 e. The van der Waals surface area contributed by atoms with Gasteiger partial charge in [-0.3, -0.25) is 4.68 Å². The molecule has 1 heterocycles. The van der Waals surface area contributed by atoms with Crippen molar-refractivity contribution in [3.05, 3.63) is 54.2 Å². The topological polar surface area (TPSA) is 55.9 Å². The fraction of sp³-hybridized carbons (Fsp3) is 0.0667. The Morgan fingerprint density at radius 3 is 2.55 bits per heavy atom. The summed E-state index contributed by atoms with van der Waals surface area (Å²) in [6, 6.07) is 13.9. The highest BCUT2D eigenvalue weighted by atomic mass is 32.1. The van der Waals surface area contributed by atoms with Crippen molar-refractivity contribution in [2.24, 2.45) is 12.8 Å². The second-order valence-corrected chi connectivity index (χ2v) is 4.98. The van der Waals surface area contributed by atoms with Crippen molar-refractivity contribution in [1.29, 1.82) is 0 Å². The molecular weight excluding hydrogens is 268 g/mol. The molecule has 0 aliphatic heterocycles. The molecular formula is C15H14N4S. The van der Waals surface area contributed by atoms with Crippen molar-refractivity contribution in [3.63, 3.8) is 0 Å². The zero-order valence-electron chi connectivity index (χ0n) is 11.0. The van der Waals surface area contributed by atoms with Gasteiger partial charge in [-0.2, -0.15) is 5.10 Å². The SMILES string of the molecule is Cn1nccc1Nc1ccc(C(N)=S)c2ccccc12. The smallest absolute Gasteiger partial charge is 0.128 e. The molecule has 0 aliphatic carbocycles. The van der Waals surface area contributed by atoms with Crippen LogP contribution in [0.5, 0.6) is 0 Å². The van der Waals surface area contributed by atoms with Crippen molar-refractivity contribution in [2.45, 2.75) is 0 Å². The molecule has 0 fully saturated rings. The molecule has 0 aliphatic rings. The number of fused-ring (bicyclic) bond motifs is 1. The van der Waals surface area contributed by atoms with E-state index < -0.39 is 0 Å². The van der Waals surface area contributed by atoms with Crippen LogP contribution in [0.15, 0.2) is 48.7 Å². The highest BCUT2D eigenvalue weighted by Gasteiger charge is 2.08. The van der Waals surface area contributed by atoms with E-state index in [0.717, 1.165) is 27.8 Å². The summed E-state index contributed by atoms with van der Waals surface area (Å²) in [5.74, 6) is 0.929. The fourth-order valence-electron chi connectivity index (χ4n) is 2.26. The van der Waals surface area contributed by atoms with Crippen molar-refractivity contribution < 1.29 is 0 Å². The number of hydrogen-bond acceptors (Lipinski definition) is 3. The summed E-state index contributed by atoms with van der Waals surface area (Å²) >= 11 is 5.11. The molecule has 1 aromatic heterocycles. The van der Waals surface area contributed by atoms with Gasteiger partial charge in [0.15, 0.2) is 0 Å². The number of rotatable bonds is 3. The average molecular weight is 282 g/mol. The third kappa shape index (κ3) is 2.12. The third-order valence-electron chi connectivity index (χ3n) is 3.27. The van der Waals surface area contributed by atoms with Gasteiger partial charge in [-0.15, -0.1) is 0 Å². The molecule has 0 unspecified atom stereocenters. The van der Waals surface area contributed by atoms with Gasteiger partial charge in [0, 0.05) is 29.8 Å². The normalized spacial score (nSPS) is 10.7. The molecule has 0 amide bonds. The van der Waals surface area contributed by atoms with Crippen LogP contribution in [-0.2, 0) is 7.05 Å². The minimum absolute atomic E-state index is 0.410. The summed E-state index contributed by atoms with van der Waals surface area (Å²) in [6.45, 7) is 0. The van der Waals surface area contributed by atoms with Crippen LogP contribution in [-0.4, -0.2) is 14.8 Å². The Hall–Kier alpha value is -2.40. The molecule has 100 valence electrons. The highest BCUT2D eigenvalue weighted by molar-refractivity contribution is 7.80. The van der Waals surface area contributed by atoms with E-state index in [1.165, 1.54) is 0 Å². The van der Waals surface area contributed by atoms with Crippen LogP contribution < -0.4 is 11.1 Å². The molecule has 4 nitrogen and oxygen atoms in total. The number of nitrogens with one attached hydrogen (secondary N) is 1. The molecule has 3 N–H and O–H groups in total. The van der Waals surface area contributed by atoms with Crippen LogP contribution in [0.2, 0.25) is 0 Å². The lowest BCUT2D eigenvalue weighted by molar-refractivity contribution is 0.777. The van der Waals surface area contributed by atoms with E-state index in [1.54, 1.807) is 10.9 Å². The molecule has 0 saturated heterocycles. The molecule has 5 heteroatoms. The summed E-state index contributed by atoms with van der Waals surface area (Å²) < 4.78 is 1.79. The molecule has 3 aromatic rings. The number of hydrogen-bond donors (Lipinski definition) is 2. The van der Waals surface area contributed by atoms with Crippen LogP contribution in [0.4, 0.5) is 11.5 Å². The van der Waals surface area contributed by atoms with Crippen LogP contribution >= 0.6 is 12.2 Å². The number of thiocarbonyl (C=S) groups is 1. The van der Waals surface area contributed by atoms with Crippen molar-refractivity contribution >= 4 is 39.5 Å². The Bertz CT molecular complexity index is 791. The molecule has 0 radical (unpaired) electrons. The molecule has 20 heavy (non-hydrogen) atoms. The standard InChI is InChI=1S/C15H14N4S/c1-19-14(8-9-17-19)18-13-7-6-12(15(16)20)10-4-2-3-5-11(10)13/h2-9,18H,1H3,(H2,16,20). The second kappa shape index (κ2) is 4.94. The number of benzene rings is 2. The first-order valence-corrected chi connectivity index (χ1v) is 6.64. The minimum atomic E-state index is 0.410. The first kappa shape index (κ1) is 12.6. The van der Waals surface area contributed by atoms with Crippen molar-refractivity contribution in [2.75, 3.05) is 5.32 Å². The quantitative estimate of drug-likeness (QED) is 0.725. The summed E-state index contributed by atoms with van der Waals surface area (Å²) in [7, 11) is 1.90. The summed E-state index contributed by atoms with van der Waals surface area (Å²) in [4.78, 5) is 0.410. The van der Waals surface area contributed by atoms with E-state index >= 15 is 0 Å². The van der Waals surface area contributed by atoms with E-state index in [-0.39, 0.29) is 0 Å². The maximum Gasteiger partial charge on any atom is 0.128 e. The molecule has 0 atom stereocenters. The predicted molar refractivity (Wildman–Crippen MR) is 86.3 cm³/mol. The van der Waals surface area contributed by atoms with Crippen LogP contribution in [0.1, 0.15) is 5.56 Å². The number of nitrogens with two attached hydrogens (primary N) is 1. The van der Waals surface area contributed by atoms with Crippen molar-refractivity contribution in [1.82, 2.24) is 9.78 Å². The predicted octanol–water partition coefficient (Wildman–Crippen LogP) is 2.95. The average Bonchev–Trinajstić information content (AvgIpc) is 2.84. The van der Waals surface area contributed by atoms with Gasteiger partial charge in [-0.05, 0) is 17.5 Å². The molecule has 0 spiro atoms. The number of anilines is 2. The van der Waals surface area contributed by atoms with Crippen LogP contribution in [0.25, 0.3) is 10.8 Å². The van der Waals surface area contributed by atoms with Gasteiger partial charge in [-0.1, -0.05) is 36.5 Å². The van der Waals surface area contributed by atoms with Gasteiger partial charge < -0.3 is 11.1 Å². The molecule has 0 bridgehead atoms. The number of aryl methyl sites for hydroxylation is 1. The van der Waals surface area contributed by atoms with E-state index in [1.807, 2.05) is 43.4 Å². The van der Waals surface area contributed by atoms with Gasteiger partial charge in [0.2, 0.25) is 0 Å². The van der Waals surface area contributed by atoms with Crippen LogP contribution in [0, 0.1) is 0 Å². The molecule has 3 rings (SSSR count). The Labute approximate surface area is 122 Å². The van der Waals surface area contributed by atoms with E-state index in [9.17, 15) is 0 Å². The molecule has 0 saturated carbocycles. The van der Waals surface area contributed by atoms with Gasteiger partial charge in [0.05, 0.1) is 6.20 Å². The lowest BCUT2D eigenvalue weighted by Gasteiger charge is -2.12. The fourth-order valence-corrected chi connectivity index (χ4v) is 2.44. The Kier molecular flexibility index (Phi) is 3.12. The van der Waals surface area contributed by atoms with E-state index in [2.05, 4.69) is 16.5 Å². The lowest BCUT2D eigenvalue weighted by atomic mass is 10.0. The summed E-state index contributed by atoms with van der Waals surface area (Å²) in [6.07, 6.45) is 1.76. The Morgan fingerprint density at radius 2 is 1.90 bits per heavy atom. The molecule has 2 aromatic carbocycles. The van der Waals surface area contributed by atoms with Crippen LogP contribution in [0.3, 0.4) is 0 Å². The highest BCUT2D eigenvalue weighted by Crippen LogP contribution is 2.28. The second-order valence-electron chi connectivity index (χ2n) is 4.54. The zero-order valence-corrected chi connectivity index (χ0v) is 11.8. The first-order valence-electron chi connectivity index (χ1n) is 6.23. The monoisotopic (exact) mass is 282 g/mol. The third-order valence-corrected chi connectivity index (χ3v) is 3.49. The lowest BCUT2D eigenvalue weighted by Crippen LogP contribution is -2.10. The first-order chi connectivity index (χ1) is 9.66. The Morgan fingerprint density at radius 1 is 1.15 bits per heavy atom. The Balaban J connectivity index is 2.15. The van der Waals surface area contributed by atoms with E-state index in [0.29, 0.717) is 4.99 Å². The maximum atomic E-state index is 5.79. The maximum absolute atomic E-state index is 5.79. The van der Waals surface area contributed by atoms with Gasteiger partial charge >= 0.3 is 0 Å².